The Kier molecular flexibility index (Phi) is 6.44. The first-order chi connectivity index (χ1) is 10.6. The van der Waals surface area contributed by atoms with Crippen LogP contribution in [0.5, 0.6) is 0 Å². The van der Waals surface area contributed by atoms with E-state index in [-0.39, 0.29) is 36.3 Å². The highest BCUT2D eigenvalue weighted by atomic mass is 35.5. The van der Waals surface area contributed by atoms with E-state index in [0.717, 1.165) is 37.1 Å². The molecule has 3 heterocycles. The van der Waals surface area contributed by atoms with E-state index >= 15 is 0 Å². The molecule has 3 rings (SSSR count). The Morgan fingerprint density at radius 2 is 2.22 bits per heavy atom. The van der Waals surface area contributed by atoms with Gasteiger partial charge in [0, 0.05) is 18.6 Å². The number of halogens is 1. The van der Waals surface area contributed by atoms with Crippen molar-refractivity contribution in [2.45, 2.75) is 50.7 Å². The van der Waals surface area contributed by atoms with Crippen LogP contribution in [0.15, 0.2) is 17.5 Å². The third-order valence-electron chi connectivity index (χ3n) is 4.52. The van der Waals surface area contributed by atoms with Crippen LogP contribution in [-0.4, -0.2) is 47.9 Å². The van der Waals surface area contributed by atoms with E-state index in [1.807, 2.05) is 17.5 Å². The monoisotopic (exact) mass is 357 g/mol. The molecule has 2 N–H and O–H groups in total. The number of rotatable bonds is 3. The van der Waals surface area contributed by atoms with Crippen molar-refractivity contribution in [1.29, 1.82) is 0 Å². The molecule has 3 unspecified atom stereocenters. The van der Waals surface area contributed by atoms with Gasteiger partial charge >= 0.3 is 0 Å². The molecule has 7 heteroatoms. The van der Waals surface area contributed by atoms with Crippen LogP contribution < -0.4 is 10.6 Å². The summed E-state index contributed by atoms with van der Waals surface area (Å²) in [6, 6.07) is 4.06. The predicted octanol–water partition coefficient (Wildman–Crippen LogP) is 2.03. The van der Waals surface area contributed by atoms with Crippen molar-refractivity contribution in [2.24, 2.45) is 0 Å². The van der Waals surface area contributed by atoms with Crippen LogP contribution in [-0.2, 0) is 4.79 Å². The minimum absolute atomic E-state index is 0. The normalized spacial score (nSPS) is 27.3. The number of likely N-dealkylation sites (tertiary alicyclic amines) is 1. The number of hydrogen-bond donors (Lipinski definition) is 2. The van der Waals surface area contributed by atoms with Crippen LogP contribution in [0, 0.1) is 0 Å². The molecule has 128 valence electrons. The van der Waals surface area contributed by atoms with Crippen molar-refractivity contribution in [3.63, 3.8) is 0 Å². The molecule has 0 bridgehead atoms. The molecule has 2 aliphatic rings. The van der Waals surface area contributed by atoms with Crippen molar-refractivity contribution < 1.29 is 9.59 Å². The molecule has 5 nitrogen and oxygen atoms in total. The molecule has 23 heavy (non-hydrogen) atoms. The molecule has 3 atom stereocenters. The summed E-state index contributed by atoms with van der Waals surface area (Å²) in [5.74, 6) is 0.00725. The number of amides is 2. The fourth-order valence-corrected chi connectivity index (χ4v) is 4.06. The third-order valence-corrected chi connectivity index (χ3v) is 5.38. The second-order valence-electron chi connectivity index (χ2n) is 6.22. The van der Waals surface area contributed by atoms with E-state index < -0.39 is 0 Å². The Balaban J connectivity index is 0.00000192. The van der Waals surface area contributed by atoms with E-state index in [1.165, 1.54) is 11.3 Å². The number of carbonyl (C=O) groups is 2. The summed E-state index contributed by atoms with van der Waals surface area (Å²) < 4.78 is 0. The Bertz CT molecular complexity index is 537. The van der Waals surface area contributed by atoms with Gasteiger partial charge in [-0.05, 0) is 50.6 Å². The van der Waals surface area contributed by atoms with Gasteiger partial charge in [-0.1, -0.05) is 6.07 Å². The van der Waals surface area contributed by atoms with Crippen molar-refractivity contribution in [3.05, 3.63) is 22.4 Å². The quantitative estimate of drug-likeness (QED) is 0.870. The molecular formula is C16H24ClN3O2S. The molecule has 1 aromatic rings. The van der Waals surface area contributed by atoms with Gasteiger partial charge in [-0.2, -0.15) is 0 Å². The maximum absolute atomic E-state index is 12.6. The Hall–Kier alpha value is -1.11. The van der Waals surface area contributed by atoms with E-state index in [2.05, 4.69) is 17.6 Å². The van der Waals surface area contributed by atoms with E-state index in [9.17, 15) is 9.59 Å². The van der Waals surface area contributed by atoms with Crippen LogP contribution in [0.25, 0.3) is 0 Å². The fourth-order valence-electron chi connectivity index (χ4n) is 3.38. The Labute approximate surface area is 147 Å². The lowest BCUT2D eigenvalue weighted by Crippen LogP contribution is -2.52. The first-order valence-corrected chi connectivity index (χ1v) is 8.91. The number of carbonyl (C=O) groups excluding carboxylic acids is 2. The molecule has 0 saturated carbocycles. The Morgan fingerprint density at radius 1 is 1.39 bits per heavy atom. The zero-order valence-corrected chi connectivity index (χ0v) is 14.9. The second-order valence-corrected chi connectivity index (χ2v) is 7.17. The average molecular weight is 358 g/mol. The summed E-state index contributed by atoms with van der Waals surface area (Å²) in [4.78, 5) is 27.6. The first-order valence-electron chi connectivity index (χ1n) is 8.03. The number of nitrogens with zero attached hydrogens (tertiary/aromatic N) is 1. The molecule has 2 aliphatic heterocycles. The van der Waals surface area contributed by atoms with Crippen molar-refractivity contribution >= 4 is 35.6 Å². The standard InChI is InChI=1S/C16H23N3O2S.ClH/c1-11-10-12(6-7-17-11)18-15(20)13-4-2-8-19(13)16(21)14-5-3-9-22-14;/h3,5,9,11-13,17H,2,4,6-8,10H2,1H3,(H,18,20);1H. The second kappa shape index (κ2) is 8.13. The zero-order chi connectivity index (χ0) is 15.5. The Morgan fingerprint density at radius 3 is 2.91 bits per heavy atom. The highest BCUT2D eigenvalue weighted by molar-refractivity contribution is 7.12. The van der Waals surface area contributed by atoms with Gasteiger partial charge in [-0.15, -0.1) is 23.7 Å². The van der Waals surface area contributed by atoms with Gasteiger partial charge in [0.1, 0.15) is 6.04 Å². The maximum atomic E-state index is 12.6. The van der Waals surface area contributed by atoms with Gasteiger partial charge in [0.25, 0.3) is 5.91 Å². The van der Waals surface area contributed by atoms with Crippen LogP contribution in [0.3, 0.4) is 0 Å². The van der Waals surface area contributed by atoms with Gasteiger partial charge in [0.2, 0.25) is 5.91 Å². The molecule has 0 aromatic carbocycles. The largest absolute Gasteiger partial charge is 0.351 e. The summed E-state index contributed by atoms with van der Waals surface area (Å²) >= 11 is 1.44. The van der Waals surface area contributed by atoms with E-state index in [4.69, 9.17) is 0 Å². The molecule has 0 spiro atoms. The van der Waals surface area contributed by atoms with Crippen LogP contribution in [0.2, 0.25) is 0 Å². The minimum atomic E-state index is -0.306. The van der Waals surface area contributed by atoms with Gasteiger partial charge in [-0.3, -0.25) is 9.59 Å². The van der Waals surface area contributed by atoms with Gasteiger partial charge in [-0.25, -0.2) is 0 Å². The summed E-state index contributed by atoms with van der Waals surface area (Å²) in [6.45, 7) is 3.76. The first kappa shape index (κ1) is 18.2. The number of nitrogens with one attached hydrogen (secondary N) is 2. The highest BCUT2D eigenvalue weighted by Gasteiger charge is 2.35. The fraction of sp³-hybridized carbons (Fsp3) is 0.625. The van der Waals surface area contributed by atoms with Crippen LogP contribution >= 0.6 is 23.7 Å². The lowest BCUT2D eigenvalue weighted by molar-refractivity contribution is -0.125. The number of hydrogen-bond acceptors (Lipinski definition) is 4. The number of piperidine rings is 1. The smallest absolute Gasteiger partial charge is 0.264 e. The van der Waals surface area contributed by atoms with Crippen LogP contribution in [0.1, 0.15) is 42.3 Å². The SMILES string of the molecule is CC1CC(NC(=O)C2CCCN2C(=O)c2cccs2)CCN1.Cl. The van der Waals surface area contributed by atoms with Crippen LogP contribution in [0.4, 0.5) is 0 Å². The van der Waals surface area contributed by atoms with Gasteiger partial charge in [0.15, 0.2) is 0 Å². The summed E-state index contributed by atoms with van der Waals surface area (Å²) in [5, 5.41) is 8.44. The van der Waals surface area contributed by atoms with Crippen molar-refractivity contribution in [1.82, 2.24) is 15.5 Å². The van der Waals surface area contributed by atoms with E-state index in [0.29, 0.717) is 12.6 Å². The summed E-state index contributed by atoms with van der Waals surface area (Å²) in [6.07, 6.45) is 3.58. The lowest BCUT2D eigenvalue weighted by atomic mass is 10.00. The minimum Gasteiger partial charge on any atom is -0.351 e. The highest BCUT2D eigenvalue weighted by Crippen LogP contribution is 2.23. The summed E-state index contributed by atoms with van der Waals surface area (Å²) in [7, 11) is 0. The maximum Gasteiger partial charge on any atom is 0.264 e. The number of thiophene rings is 1. The molecule has 0 aliphatic carbocycles. The molecule has 1 aromatic heterocycles. The topological polar surface area (TPSA) is 61.4 Å². The molecular weight excluding hydrogens is 334 g/mol. The average Bonchev–Trinajstić information content (AvgIpc) is 3.18. The van der Waals surface area contributed by atoms with Crippen molar-refractivity contribution in [3.8, 4) is 0 Å². The molecule has 2 fully saturated rings. The molecule has 2 saturated heterocycles. The zero-order valence-electron chi connectivity index (χ0n) is 13.3. The summed E-state index contributed by atoms with van der Waals surface area (Å²) in [5.41, 5.74) is 0. The lowest BCUT2D eigenvalue weighted by Gasteiger charge is -2.31. The third kappa shape index (κ3) is 4.25. The predicted molar refractivity (Wildman–Crippen MR) is 94.3 cm³/mol. The molecule has 2 amide bonds. The van der Waals surface area contributed by atoms with Gasteiger partial charge in [0.05, 0.1) is 4.88 Å². The molecule has 0 radical (unpaired) electrons. The van der Waals surface area contributed by atoms with Crippen molar-refractivity contribution in [2.75, 3.05) is 13.1 Å². The van der Waals surface area contributed by atoms with Gasteiger partial charge < -0.3 is 15.5 Å². The van der Waals surface area contributed by atoms with E-state index in [1.54, 1.807) is 4.90 Å².